The third kappa shape index (κ3) is 4.91. The molecule has 112 valence electrons. The molecule has 21 heavy (non-hydrogen) atoms. The Hall–Kier alpha value is -1.80. The van der Waals surface area contributed by atoms with Gasteiger partial charge in [0.2, 0.25) is 5.91 Å². The van der Waals surface area contributed by atoms with Crippen molar-refractivity contribution in [1.82, 2.24) is 9.88 Å². The highest BCUT2D eigenvalue weighted by Gasteiger charge is 2.15. The lowest BCUT2D eigenvalue weighted by Gasteiger charge is -2.20. The summed E-state index contributed by atoms with van der Waals surface area (Å²) in [5.41, 5.74) is 3.27. The summed E-state index contributed by atoms with van der Waals surface area (Å²) in [6.07, 6.45) is 0. The summed E-state index contributed by atoms with van der Waals surface area (Å²) in [7, 11) is 0. The summed E-state index contributed by atoms with van der Waals surface area (Å²) < 4.78 is 0. The first kappa shape index (κ1) is 17.3. The van der Waals surface area contributed by atoms with Crippen molar-refractivity contribution in [1.29, 1.82) is 5.26 Å². The lowest BCUT2D eigenvalue weighted by molar-refractivity contribution is -0.127. The second kappa shape index (κ2) is 7.84. The minimum Gasteiger partial charge on any atom is -0.338 e. The van der Waals surface area contributed by atoms with Crippen LogP contribution in [0.25, 0.3) is 0 Å². The van der Waals surface area contributed by atoms with Gasteiger partial charge < -0.3 is 4.90 Å². The summed E-state index contributed by atoms with van der Waals surface area (Å²) in [6.45, 7) is 12.7. The van der Waals surface area contributed by atoms with Gasteiger partial charge in [0, 0.05) is 18.8 Å². The Morgan fingerprint density at radius 2 is 2.19 bits per heavy atom. The fourth-order valence-electron chi connectivity index (χ4n) is 1.97. The molecule has 0 N–H and O–H groups in total. The van der Waals surface area contributed by atoms with Crippen LogP contribution in [-0.4, -0.2) is 34.6 Å². The first-order valence-corrected chi connectivity index (χ1v) is 7.80. The Labute approximate surface area is 130 Å². The molecule has 1 rings (SSSR count). The zero-order valence-electron chi connectivity index (χ0n) is 13.1. The first-order chi connectivity index (χ1) is 9.88. The molecule has 0 aromatic carbocycles. The van der Waals surface area contributed by atoms with Crippen molar-refractivity contribution < 1.29 is 4.79 Å². The maximum atomic E-state index is 12.2. The molecular formula is C16H21N3OS. The van der Waals surface area contributed by atoms with Gasteiger partial charge in [0.15, 0.2) is 0 Å². The molecule has 0 aliphatic rings. The Morgan fingerprint density at radius 1 is 1.52 bits per heavy atom. The number of carbonyl (C=O) groups excluding carboxylic acids is 1. The lowest BCUT2D eigenvalue weighted by Crippen LogP contribution is -2.33. The molecule has 0 fully saturated rings. The molecule has 1 aromatic heterocycles. The van der Waals surface area contributed by atoms with Crippen molar-refractivity contribution in [3.8, 4) is 6.07 Å². The van der Waals surface area contributed by atoms with E-state index in [4.69, 9.17) is 0 Å². The van der Waals surface area contributed by atoms with Crippen LogP contribution in [0.4, 0.5) is 0 Å². The van der Waals surface area contributed by atoms with Crippen LogP contribution in [0.15, 0.2) is 23.2 Å². The van der Waals surface area contributed by atoms with Crippen LogP contribution in [0.5, 0.6) is 0 Å². The zero-order valence-corrected chi connectivity index (χ0v) is 13.9. The van der Waals surface area contributed by atoms with Crippen LogP contribution >= 0.6 is 11.8 Å². The van der Waals surface area contributed by atoms with Crippen LogP contribution in [0, 0.1) is 25.2 Å². The van der Waals surface area contributed by atoms with E-state index in [0.29, 0.717) is 23.7 Å². The second-order valence-electron chi connectivity index (χ2n) is 5.03. The summed E-state index contributed by atoms with van der Waals surface area (Å²) in [6, 6.07) is 4.05. The van der Waals surface area contributed by atoms with Gasteiger partial charge in [-0.25, -0.2) is 4.98 Å². The fraction of sp³-hybridized carbons (Fsp3) is 0.438. The highest BCUT2D eigenvalue weighted by Crippen LogP contribution is 2.23. The molecule has 5 heteroatoms. The number of hydrogen-bond donors (Lipinski definition) is 0. The average molecular weight is 303 g/mol. The van der Waals surface area contributed by atoms with E-state index in [1.54, 1.807) is 4.90 Å². The Balaban J connectivity index is 2.82. The van der Waals surface area contributed by atoms with Crippen LogP contribution in [0.1, 0.15) is 30.7 Å². The van der Waals surface area contributed by atoms with E-state index >= 15 is 0 Å². The molecule has 0 aliphatic carbocycles. The number of pyridine rings is 1. The number of nitrogens with zero attached hydrogens (tertiary/aromatic N) is 3. The van der Waals surface area contributed by atoms with Gasteiger partial charge >= 0.3 is 0 Å². The predicted molar refractivity (Wildman–Crippen MR) is 86.2 cm³/mol. The van der Waals surface area contributed by atoms with E-state index in [2.05, 4.69) is 17.6 Å². The summed E-state index contributed by atoms with van der Waals surface area (Å²) in [5, 5.41) is 9.85. The van der Waals surface area contributed by atoms with Crippen molar-refractivity contribution in [2.75, 3.05) is 18.8 Å². The molecule has 0 bridgehead atoms. The van der Waals surface area contributed by atoms with Gasteiger partial charge in [0.05, 0.1) is 11.3 Å². The molecule has 1 amide bonds. The molecule has 0 atom stereocenters. The maximum absolute atomic E-state index is 12.2. The van der Waals surface area contributed by atoms with Crippen molar-refractivity contribution in [3.63, 3.8) is 0 Å². The summed E-state index contributed by atoms with van der Waals surface area (Å²) in [4.78, 5) is 18.3. The van der Waals surface area contributed by atoms with E-state index in [1.807, 2.05) is 33.8 Å². The van der Waals surface area contributed by atoms with E-state index in [1.165, 1.54) is 11.8 Å². The topological polar surface area (TPSA) is 57.0 Å². The number of nitriles is 1. The Morgan fingerprint density at radius 3 is 2.71 bits per heavy atom. The van der Waals surface area contributed by atoms with Gasteiger partial charge in [-0.15, -0.1) is 0 Å². The van der Waals surface area contributed by atoms with Crippen LogP contribution in [-0.2, 0) is 4.79 Å². The number of hydrogen-bond acceptors (Lipinski definition) is 4. The van der Waals surface area contributed by atoms with Gasteiger partial charge in [0.1, 0.15) is 11.1 Å². The van der Waals surface area contributed by atoms with Crippen molar-refractivity contribution in [3.05, 3.63) is 35.0 Å². The number of likely N-dealkylation sites (N-methyl/N-ethyl adjacent to an activating group) is 1. The van der Waals surface area contributed by atoms with E-state index < -0.39 is 0 Å². The molecule has 0 saturated heterocycles. The van der Waals surface area contributed by atoms with Crippen molar-refractivity contribution >= 4 is 17.7 Å². The molecule has 0 unspecified atom stereocenters. The fourth-order valence-corrected chi connectivity index (χ4v) is 2.97. The first-order valence-electron chi connectivity index (χ1n) is 6.82. The quantitative estimate of drug-likeness (QED) is 0.598. The SMILES string of the molecule is C=C(C)CN(CC)C(=O)CSc1nc(C)cc(C)c1C#N. The minimum atomic E-state index is 0.0374. The molecule has 0 saturated carbocycles. The van der Waals surface area contributed by atoms with Crippen molar-refractivity contribution in [2.45, 2.75) is 32.7 Å². The highest BCUT2D eigenvalue weighted by atomic mass is 32.2. The largest absolute Gasteiger partial charge is 0.338 e. The van der Waals surface area contributed by atoms with Gasteiger partial charge in [0.25, 0.3) is 0 Å². The third-order valence-corrected chi connectivity index (χ3v) is 3.91. The third-order valence-electron chi connectivity index (χ3n) is 2.95. The molecular weight excluding hydrogens is 282 g/mol. The lowest BCUT2D eigenvalue weighted by atomic mass is 10.1. The van der Waals surface area contributed by atoms with E-state index in [-0.39, 0.29) is 11.7 Å². The maximum Gasteiger partial charge on any atom is 0.233 e. The van der Waals surface area contributed by atoms with Crippen LogP contribution < -0.4 is 0 Å². The van der Waals surface area contributed by atoms with Crippen molar-refractivity contribution in [2.24, 2.45) is 0 Å². The number of rotatable bonds is 6. The Bertz CT molecular complexity index is 590. The van der Waals surface area contributed by atoms with Gasteiger partial charge in [-0.3, -0.25) is 4.79 Å². The van der Waals surface area contributed by atoms with E-state index in [9.17, 15) is 10.1 Å². The molecule has 1 aromatic rings. The van der Waals surface area contributed by atoms with E-state index in [0.717, 1.165) is 16.8 Å². The average Bonchev–Trinajstić information content (AvgIpc) is 2.41. The monoisotopic (exact) mass is 303 g/mol. The number of aromatic nitrogens is 1. The zero-order chi connectivity index (χ0) is 16.0. The predicted octanol–water partition coefficient (Wildman–Crippen LogP) is 3.09. The highest BCUT2D eigenvalue weighted by molar-refractivity contribution is 8.00. The number of carbonyl (C=O) groups is 1. The Kier molecular flexibility index (Phi) is 6.44. The molecule has 4 nitrogen and oxygen atoms in total. The van der Waals surface area contributed by atoms with Gasteiger partial charge in [-0.1, -0.05) is 23.9 Å². The number of aryl methyl sites for hydroxylation is 2. The standard InChI is InChI=1S/C16H21N3OS/c1-6-19(9-11(2)3)15(20)10-21-16-14(8-17)12(4)7-13(5)18-16/h7H,2,6,9-10H2,1,3-5H3. The van der Waals surface area contributed by atoms with Crippen LogP contribution in [0.2, 0.25) is 0 Å². The normalized spacial score (nSPS) is 10.0. The smallest absolute Gasteiger partial charge is 0.233 e. The molecule has 0 radical (unpaired) electrons. The number of amides is 1. The van der Waals surface area contributed by atoms with Gasteiger partial charge in [-0.05, 0) is 39.3 Å². The minimum absolute atomic E-state index is 0.0374. The molecule has 1 heterocycles. The summed E-state index contributed by atoms with van der Waals surface area (Å²) >= 11 is 1.32. The molecule has 0 spiro atoms. The number of thioether (sulfide) groups is 1. The molecule has 0 aliphatic heterocycles. The van der Waals surface area contributed by atoms with Gasteiger partial charge in [-0.2, -0.15) is 5.26 Å². The summed E-state index contributed by atoms with van der Waals surface area (Å²) in [5.74, 6) is 0.321. The second-order valence-corrected chi connectivity index (χ2v) is 5.99. The van der Waals surface area contributed by atoms with Crippen LogP contribution in [0.3, 0.4) is 0 Å².